The summed E-state index contributed by atoms with van der Waals surface area (Å²) in [7, 11) is 1.91. The molecule has 0 spiro atoms. The molecule has 1 aromatic rings. The summed E-state index contributed by atoms with van der Waals surface area (Å²) in [5.74, 6) is 0.472. The number of rotatable bonds is 5. The molecule has 2 N–H and O–H groups in total. The van der Waals surface area contributed by atoms with Gasteiger partial charge in [-0.15, -0.1) is 12.4 Å². The van der Waals surface area contributed by atoms with Crippen LogP contribution in [0, 0.1) is 11.8 Å². The highest BCUT2D eigenvalue weighted by Crippen LogP contribution is 2.15. The number of anilines is 1. The molecule has 0 aliphatic carbocycles. The van der Waals surface area contributed by atoms with Crippen LogP contribution in [0.1, 0.15) is 26.3 Å². The Morgan fingerprint density at radius 3 is 2.50 bits per heavy atom. The number of benzene rings is 1. The lowest BCUT2D eigenvalue weighted by atomic mass is 9.97. The van der Waals surface area contributed by atoms with E-state index in [2.05, 4.69) is 24.5 Å². The van der Waals surface area contributed by atoms with Gasteiger partial charge in [0.2, 0.25) is 5.91 Å². The van der Waals surface area contributed by atoms with Crippen LogP contribution in [-0.2, 0) is 11.3 Å². The third-order valence-corrected chi connectivity index (χ3v) is 2.99. The zero-order chi connectivity index (χ0) is 12.8. The van der Waals surface area contributed by atoms with Crippen LogP contribution in [0.25, 0.3) is 0 Å². The van der Waals surface area contributed by atoms with Crippen molar-refractivity contribution in [3.8, 4) is 0 Å². The Morgan fingerprint density at radius 1 is 1.28 bits per heavy atom. The second-order valence-corrected chi connectivity index (χ2v) is 4.75. The van der Waals surface area contributed by atoms with Crippen LogP contribution in [0.15, 0.2) is 24.3 Å². The van der Waals surface area contributed by atoms with Gasteiger partial charge in [0.05, 0.1) is 0 Å². The molecule has 18 heavy (non-hydrogen) atoms. The molecule has 0 radical (unpaired) electrons. The first-order valence-electron chi connectivity index (χ1n) is 6.09. The molecule has 0 aromatic heterocycles. The third-order valence-electron chi connectivity index (χ3n) is 2.99. The van der Waals surface area contributed by atoms with E-state index < -0.39 is 0 Å². The topological polar surface area (TPSA) is 41.1 Å². The summed E-state index contributed by atoms with van der Waals surface area (Å²) in [4.78, 5) is 11.9. The van der Waals surface area contributed by atoms with Gasteiger partial charge in [-0.05, 0) is 30.7 Å². The average molecular weight is 271 g/mol. The number of carbonyl (C=O) groups is 1. The number of nitrogens with one attached hydrogen (secondary N) is 2. The van der Waals surface area contributed by atoms with E-state index in [9.17, 15) is 4.79 Å². The number of halogens is 1. The highest BCUT2D eigenvalue weighted by molar-refractivity contribution is 5.92. The van der Waals surface area contributed by atoms with E-state index in [-0.39, 0.29) is 24.2 Å². The summed E-state index contributed by atoms with van der Waals surface area (Å²) in [5.41, 5.74) is 2.04. The number of carbonyl (C=O) groups excluding carboxylic acids is 1. The van der Waals surface area contributed by atoms with Crippen molar-refractivity contribution in [1.82, 2.24) is 5.32 Å². The Hall–Kier alpha value is -1.06. The minimum absolute atomic E-state index is 0. The van der Waals surface area contributed by atoms with Crippen molar-refractivity contribution in [1.29, 1.82) is 0 Å². The van der Waals surface area contributed by atoms with E-state index in [1.54, 1.807) is 0 Å². The first kappa shape index (κ1) is 16.9. The maximum atomic E-state index is 11.9. The van der Waals surface area contributed by atoms with Gasteiger partial charge in [-0.3, -0.25) is 4.79 Å². The molecule has 0 bridgehead atoms. The molecule has 0 aliphatic heterocycles. The molecule has 0 saturated heterocycles. The van der Waals surface area contributed by atoms with Crippen LogP contribution < -0.4 is 10.6 Å². The van der Waals surface area contributed by atoms with Crippen molar-refractivity contribution in [3.63, 3.8) is 0 Å². The molecule has 3 nitrogen and oxygen atoms in total. The van der Waals surface area contributed by atoms with E-state index in [1.165, 1.54) is 5.56 Å². The van der Waals surface area contributed by atoms with E-state index in [0.29, 0.717) is 5.92 Å². The van der Waals surface area contributed by atoms with Crippen molar-refractivity contribution in [2.24, 2.45) is 11.8 Å². The minimum atomic E-state index is 0. The normalized spacial score (nSPS) is 11.8. The summed E-state index contributed by atoms with van der Waals surface area (Å²) >= 11 is 0. The number of amides is 1. The Kier molecular flexibility index (Phi) is 7.64. The largest absolute Gasteiger partial charge is 0.326 e. The summed E-state index contributed by atoms with van der Waals surface area (Å²) < 4.78 is 0. The van der Waals surface area contributed by atoms with Crippen molar-refractivity contribution >= 4 is 24.0 Å². The van der Waals surface area contributed by atoms with E-state index >= 15 is 0 Å². The molecule has 0 aliphatic rings. The van der Waals surface area contributed by atoms with E-state index in [1.807, 2.05) is 38.2 Å². The van der Waals surface area contributed by atoms with E-state index in [0.717, 1.165) is 12.2 Å². The summed E-state index contributed by atoms with van der Waals surface area (Å²) in [6.45, 7) is 6.88. The van der Waals surface area contributed by atoms with Crippen LogP contribution in [-0.4, -0.2) is 13.0 Å². The molecular weight excluding hydrogens is 248 g/mol. The maximum absolute atomic E-state index is 11.9. The molecule has 1 atom stereocenters. The number of hydrogen-bond donors (Lipinski definition) is 2. The SMILES string of the molecule is CNCc1cccc(NC(=O)C(C)C(C)C)c1.Cl. The Labute approximate surface area is 116 Å². The molecule has 1 aromatic carbocycles. The van der Waals surface area contributed by atoms with E-state index in [4.69, 9.17) is 0 Å². The lowest BCUT2D eigenvalue weighted by molar-refractivity contribution is -0.120. The molecule has 1 amide bonds. The van der Waals surface area contributed by atoms with Crippen LogP contribution in [0.3, 0.4) is 0 Å². The molecule has 0 saturated carbocycles. The standard InChI is InChI=1S/C14H22N2O.ClH/c1-10(2)11(3)14(17)16-13-7-5-6-12(8-13)9-15-4;/h5-8,10-11,15H,9H2,1-4H3,(H,16,17);1H. The highest BCUT2D eigenvalue weighted by Gasteiger charge is 2.16. The van der Waals surface area contributed by atoms with Gasteiger partial charge in [-0.1, -0.05) is 32.9 Å². The predicted octanol–water partition coefficient (Wildman–Crippen LogP) is 3.06. The fourth-order valence-electron chi connectivity index (χ4n) is 1.52. The zero-order valence-electron chi connectivity index (χ0n) is 11.5. The monoisotopic (exact) mass is 270 g/mol. The Bertz CT molecular complexity index is 380. The van der Waals surface area contributed by atoms with Crippen LogP contribution in [0.4, 0.5) is 5.69 Å². The van der Waals surface area contributed by atoms with Gasteiger partial charge in [0.1, 0.15) is 0 Å². The highest BCUT2D eigenvalue weighted by atomic mass is 35.5. The van der Waals surface area contributed by atoms with Crippen LogP contribution in [0.2, 0.25) is 0 Å². The summed E-state index contributed by atoms with van der Waals surface area (Å²) in [5, 5.41) is 6.05. The van der Waals surface area contributed by atoms with Crippen LogP contribution in [0.5, 0.6) is 0 Å². The molecule has 1 unspecified atom stereocenters. The summed E-state index contributed by atoms with van der Waals surface area (Å²) in [6.07, 6.45) is 0. The van der Waals surface area contributed by atoms with Crippen molar-refractivity contribution in [2.75, 3.05) is 12.4 Å². The molecule has 102 valence electrons. The first-order valence-corrected chi connectivity index (χ1v) is 6.09. The van der Waals surface area contributed by atoms with Gasteiger partial charge in [0, 0.05) is 18.2 Å². The Morgan fingerprint density at radius 2 is 1.94 bits per heavy atom. The lowest BCUT2D eigenvalue weighted by Crippen LogP contribution is -2.24. The molecule has 0 fully saturated rings. The van der Waals surface area contributed by atoms with Gasteiger partial charge < -0.3 is 10.6 Å². The second-order valence-electron chi connectivity index (χ2n) is 4.75. The molecule has 4 heteroatoms. The Balaban J connectivity index is 0.00000289. The van der Waals surface area contributed by atoms with Gasteiger partial charge in [-0.25, -0.2) is 0 Å². The number of hydrogen-bond acceptors (Lipinski definition) is 2. The fourth-order valence-corrected chi connectivity index (χ4v) is 1.52. The molecule has 0 heterocycles. The molecule has 1 rings (SSSR count). The van der Waals surface area contributed by atoms with Gasteiger partial charge in [-0.2, -0.15) is 0 Å². The maximum Gasteiger partial charge on any atom is 0.227 e. The third kappa shape index (κ3) is 5.07. The quantitative estimate of drug-likeness (QED) is 0.863. The van der Waals surface area contributed by atoms with Gasteiger partial charge in [0.25, 0.3) is 0 Å². The zero-order valence-corrected chi connectivity index (χ0v) is 12.3. The first-order chi connectivity index (χ1) is 8.04. The molecular formula is C14H23ClN2O. The lowest BCUT2D eigenvalue weighted by Gasteiger charge is -2.15. The average Bonchev–Trinajstić information content (AvgIpc) is 2.28. The van der Waals surface area contributed by atoms with Gasteiger partial charge in [0.15, 0.2) is 0 Å². The smallest absolute Gasteiger partial charge is 0.227 e. The van der Waals surface area contributed by atoms with Gasteiger partial charge >= 0.3 is 0 Å². The van der Waals surface area contributed by atoms with Crippen molar-refractivity contribution in [2.45, 2.75) is 27.3 Å². The second kappa shape index (κ2) is 8.11. The van der Waals surface area contributed by atoms with Crippen molar-refractivity contribution < 1.29 is 4.79 Å². The predicted molar refractivity (Wildman–Crippen MR) is 79.1 cm³/mol. The van der Waals surface area contributed by atoms with Crippen molar-refractivity contribution in [3.05, 3.63) is 29.8 Å². The summed E-state index contributed by atoms with van der Waals surface area (Å²) in [6, 6.07) is 7.92. The van der Waals surface area contributed by atoms with Crippen LogP contribution >= 0.6 is 12.4 Å². The minimum Gasteiger partial charge on any atom is -0.326 e. The fraction of sp³-hybridized carbons (Fsp3) is 0.500.